The molecule has 0 bridgehead atoms. The van der Waals surface area contributed by atoms with Gasteiger partial charge in [-0.05, 0) is 30.7 Å². The number of esters is 1. The van der Waals surface area contributed by atoms with Crippen LogP contribution in [0.2, 0.25) is 0 Å². The summed E-state index contributed by atoms with van der Waals surface area (Å²) in [6, 6.07) is 12.3. The normalized spacial score (nSPS) is 21.0. The first-order valence-electron chi connectivity index (χ1n) is 7.57. The second-order valence-corrected chi connectivity index (χ2v) is 5.98. The molecule has 0 spiro atoms. The van der Waals surface area contributed by atoms with E-state index in [1.807, 2.05) is 12.1 Å². The lowest BCUT2D eigenvalue weighted by atomic mass is 9.89. The summed E-state index contributed by atoms with van der Waals surface area (Å²) in [6.07, 6.45) is 0.325. The van der Waals surface area contributed by atoms with Crippen molar-refractivity contribution in [3.63, 3.8) is 0 Å². The maximum atomic E-state index is 12.7. The van der Waals surface area contributed by atoms with Crippen molar-refractivity contribution in [2.75, 3.05) is 12.1 Å². The number of nitrogens with one attached hydrogen (secondary N) is 1. The molecule has 0 saturated heterocycles. The summed E-state index contributed by atoms with van der Waals surface area (Å²) in [5.74, 6) is 0.338. The fourth-order valence-electron chi connectivity index (χ4n) is 2.90. The maximum absolute atomic E-state index is 12.7. The first kappa shape index (κ1) is 14.6. The lowest BCUT2D eigenvalue weighted by Crippen LogP contribution is -2.48. The summed E-state index contributed by atoms with van der Waals surface area (Å²) in [4.78, 5) is 24.9. The van der Waals surface area contributed by atoms with Crippen molar-refractivity contribution in [3.8, 4) is 11.5 Å². The van der Waals surface area contributed by atoms with Crippen LogP contribution in [0.25, 0.3) is 0 Å². The molecule has 6 nitrogen and oxygen atoms in total. The number of anilines is 1. The molecule has 0 aliphatic carbocycles. The van der Waals surface area contributed by atoms with Crippen LogP contribution in [0, 0.1) is 0 Å². The van der Waals surface area contributed by atoms with Gasteiger partial charge in [-0.25, -0.2) is 4.79 Å². The molecule has 2 heterocycles. The van der Waals surface area contributed by atoms with Crippen molar-refractivity contribution in [3.05, 3.63) is 53.6 Å². The number of hydrogen-bond acceptors (Lipinski definition) is 5. The third-order valence-electron chi connectivity index (χ3n) is 4.19. The Kier molecular flexibility index (Phi) is 3.19. The molecule has 2 aromatic rings. The van der Waals surface area contributed by atoms with Gasteiger partial charge in [0.15, 0.2) is 17.1 Å². The van der Waals surface area contributed by atoms with Crippen molar-refractivity contribution < 1.29 is 23.8 Å². The number of fused-ring (bicyclic) bond motifs is 2. The highest BCUT2D eigenvalue weighted by Gasteiger charge is 2.42. The Labute approximate surface area is 138 Å². The van der Waals surface area contributed by atoms with Crippen molar-refractivity contribution in [1.82, 2.24) is 0 Å². The largest absolute Gasteiger partial charge is 0.454 e. The molecule has 1 atom stereocenters. The van der Waals surface area contributed by atoms with E-state index in [9.17, 15) is 9.59 Å². The molecular weight excluding hydrogens is 310 g/mol. The zero-order chi connectivity index (χ0) is 16.7. The molecule has 6 heteroatoms. The Balaban J connectivity index is 1.57. The van der Waals surface area contributed by atoms with E-state index in [0.717, 1.165) is 5.56 Å². The third kappa shape index (κ3) is 2.36. The van der Waals surface area contributed by atoms with Crippen LogP contribution in [0.4, 0.5) is 5.69 Å². The molecule has 0 unspecified atom stereocenters. The van der Waals surface area contributed by atoms with Gasteiger partial charge >= 0.3 is 5.97 Å². The molecule has 0 saturated carbocycles. The van der Waals surface area contributed by atoms with Crippen LogP contribution in [0.15, 0.2) is 42.5 Å². The zero-order valence-electron chi connectivity index (χ0n) is 13.0. The second kappa shape index (κ2) is 5.26. The van der Waals surface area contributed by atoms with Crippen LogP contribution >= 0.6 is 0 Å². The smallest absolute Gasteiger partial charge is 0.339 e. The Bertz CT molecular complexity index is 847. The molecule has 0 radical (unpaired) electrons. The van der Waals surface area contributed by atoms with Crippen molar-refractivity contribution >= 4 is 17.6 Å². The van der Waals surface area contributed by atoms with Gasteiger partial charge in [-0.2, -0.15) is 0 Å². The maximum Gasteiger partial charge on any atom is 0.339 e. The SMILES string of the molecule is C[C@@]1(C(=O)Nc2ccc3c(c2)OCO3)Cc2ccccc2C(=O)O1. The Morgan fingerprint density at radius 1 is 1.12 bits per heavy atom. The molecular formula is C18H15NO5. The minimum absolute atomic E-state index is 0.166. The Morgan fingerprint density at radius 2 is 1.92 bits per heavy atom. The van der Waals surface area contributed by atoms with Crippen LogP contribution in [-0.4, -0.2) is 24.3 Å². The number of carbonyl (C=O) groups is 2. The van der Waals surface area contributed by atoms with Crippen LogP contribution in [0.3, 0.4) is 0 Å². The Morgan fingerprint density at radius 3 is 2.79 bits per heavy atom. The van der Waals surface area contributed by atoms with Gasteiger partial charge < -0.3 is 19.5 Å². The van der Waals surface area contributed by atoms with Gasteiger partial charge in [0.25, 0.3) is 5.91 Å². The number of carbonyl (C=O) groups excluding carboxylic acids is 2. The minimum Gasteiger partial charge on any atom is -0.454 e. The van der Waals surface area contributed by atoms with E-state index in [-0.39, 0.29) is 12.7 Å². The van der Waals surface area contributed by atoms with E-state index < -0.39 is 11.6 Å². The first-order valence-corrected chi connectivity index (χ1v) is 7.57. The van der Waals surface area contributed by atoms with E-state index in [0.29, 0.717) is 29.2 Å². The number of benzene rings is 2. The number of rotatable bonds is 2. The van der Waals surface area contributed by atoms with Crippen LogP contribution < -0.4 is 14.8 Å². The summed E-state index contributed by atoms with van der Waals surface area (Å²) in [5.41, 5.74) is 0.602. The van der Waals surface area contributed by atoms with Crippen LogP contribution in [0.5, 0.6) is 11.5 Å². The average Bonchev–Trinajstić information content (AvgIpc) is 3.02. The zero-order valence-corrected chi connectivity index (χ0v) is 13.0. The quantitative estimate of drug-likeness (QED) is 0.859. The Hall–Kier alpha value is -3.02. The number of ether oxygens (including phenoxy) is 3. The average molecular weight is 325 g/mol. The van der Waals surface area contributed by atoms with Crippen molar-refractivity contribution in [2.45, 2.75) is 18.9 Å². The van der Waals surface area contributed by atoms with Gasteiger partial charge in [0.05, 0.1) is 5.56 Å². The highest BCUT2D eigenvalue weighted by atomic mass is 16.7. The first-order chi connectivity index (χ1) is 11.5. The van der Waals surface area contributed by atoms with E-state index >= 15 is 0 Å². The second-order valence-electron chi connectivity index (χ2n) is 5.98. The predicted molar refractivity (Wildman–Crippen MR) is 85.2 cm³/mol. The summed E-state index contributed by atoms with van der Waals surface area (Å²) >= 11 is 0. The topological polar surface area (TPSA) is 73.9 Å². The number of amides is 1. The van der Waals surface area contributed by atoms with E-state index in [2.05, 4.69) is 5.32 Å². The molecule has 4 rings (SSSR count). The summed E-state index contributed by atoms with van der Waals surface area (Å²) in [6.45, 7) is 1.78. The van der Waals surface area contributed by atoms with Gasteiger partial charge in [0.2, 0.25) is 6.79 Å². The van der Waals surface area contributed by atoms with Gasteiger partial charge in [-0.15, -0.1) is 0 Å². The molecule has 0 fully saturated rings. The predicted octanol–water partition coefficient (Wildman–Crippen LogP) is 2.53. The third-order valence-corrected chi connectivity index (χ3v) is 4.19. The minimum atomic E-state index is -1.26. The highest BCUT2D eigenvalue weighted by Crippen LogP contribution is 2.35. The standard InChI is InChI=1S/C18H15NO5/c1-18(9-11-4-2-3-5-13(11)16(20)24-18)17(21)19-12-6-7-14-15(8-12)23-10-22-14/h2-8H,9-10H2,1H3,(H,19,21)/t18-/m0/s1. The van der Waals surface area contributed by atoms with Crippen LogP contribution in [0.1, 0.15) is 22.8 Å². The molecule has 1 amide bonds. The molecule has 1 N–H and O–H groups in total. The molecule has 122 valence electrons. The summed E-state index contributed by atoms with van der Waals surface area (Å²) in [7, 11) is 0. The van der Waals surface area contributed by atoms with Crippen LogP contribution in [-0.2, 0) is 16.0 Å². The fraction of sp³-hybridized carbons (Fsp3) is 0.222. The lowest BCUT2D eigenvalue weighted by Gasteiger charge is -2.33. The monoisotopic (exact) mass is 325 g/mol. The van der Waals surface area contributed by atoms with Crippen molar-refractivity contribution in [2.24, 2.45) is 0 Å². The molecule has 2 aliphatic rings. The molecule has 2 aromatic carbocycles. The van der Waals surface area contributed by atoms with Gasteiger partial charge in [-0.3, -0.25) is 4.79 Å². The molecule has 0 aromatic heterocycles. The van der Waals surface area contributed by atoms with E-state index in [4.69, 9.17) is 14.2 Å². The van der Waals surface area contributed by atoms with E-state index in [1.165, 1.54) is 0 Å². The summed E-state index contributed by atoms with van der Waals surface area (Å²) in [5, 5.41) is 2.78. The van der Waals surface area contributed by atoms with Gasteiger partial charge in [0.1, 0.15) is 0 Å². The van der Waals surface area contributed by atoms with E-state index in [1.54, 1.807) is 37.3 Å². The number of hydrogen-bond donors (Lipinski definition) is 1. The number of cyclic esters (lactones) is 1. The lowest BCUT2D eigenvalue weighted by molar-refractivity contribution is -0.134. The summed E-state index contributed by atoms with van der Waals surface area (Å²) < 4.78 is 16.0. The molecule has 24 heavy (non-hydrogen) atoms. The van der Waals surface area contributed by atoms with Gasteiger partial charge in [0, 0.05) is 18.2 Å². The molecule has 2 aliphatic heterocycles. The highest BCUT2D eigenvalue weighted by molar-refractivity contribution is 6.02. The van der Waals surface area contributed by atoms with Crippen molar-refractivity contribution in [1.29, 1.82) is 0 Å². The van der Waals surface area contributed by atoms with Gasteiger partial charge in [-0.1, -0.05) is 18.2 Å². The fourth-order valence-corrected chi connectivity index (χ4v) is 2.90.